The number of carbonyl (C=O) groups is 1. The van der Waals surface area contributed by atoms with Crippen molar-refractivity contribution < 1.29 is 4.79 Å². The molecule has 1 aromatic carbocycles. The molecule has 0 saturated carbocycles. The third-order valence-electron chi connectivity index (χ3n) is 4.17. The fourth-order valence-electron chi connectivity index (χ4n) is 3.11. The maximum absolute atomic E-state index is 12.8. The van der Waals surface area contributed by atoms with E-state index < -0.39 is 0 Å². The molecule has 0 N–H and O–H groups in total. The summed E-state index contributed by atoms with van der Waals surface area (Å²) in [7, 11) is 4.06. The first-order chi connectivity index (χ1) is 11.1. The lowest BCUT2D eigenvalue weighted by Crippen LogP contribution is -2.40. The van der Waals surface area contributed by atoms with Crippen LogP contribution in [0.1, 0.15) is 34.8 Å². The Morgan fingerprint density at radius 1 is 1.39 bits per heavy atom. The maximum atomic E-state index is 12.8. The van der Waals surface area contributed by atoms with Crippen LogP contribution in [-0.2, 0) is 6.54 Å². The minimum absolute atomic E-state index is 0.107. The van der Waals surface area contributed by atoms with Gasteiger partial charge < -0.3 is 9.80 Å². The molecule has 23 heavy (non-hydrogen) atoms. The third-order valence-corrected chi connectivity index (χ3v) is 4.17. The highest BCUT2D eigenvalue weighted by molar-refractivity contribution is 5.94. The fraction of sp³-hybridized carbons (Fsp3) is 0.471. The monoisotopic (exact) mass is 313 g/mol. The lowest BCUT2D eigenvalue weighted by atomic mass is 10.0. The van der Waals surface area contributed by atoms with Gasteiger partial charge in [0, 0.05) is 25.2 Å². The van der Waals surface area contributed by atoms with Gasteiger partial charge in [0.05, 0.1) is 6.04 Å². The van der Waals surface area contributed by atoms with Crippen LogP contribution in [0.2, 0.25) is 0 Å². The van der Waals surface area contributed by atoms with Crippen molar-refractivity contribution in [3.05, 3.63) is 48.0 Å². The Morgan fingerprint density at radius 2 is 2.26 bits per heavy atom. The molecule has 0 aliphatic carbocycles. The molecule has 0 radical (unpaired) electrons. The van der Waals surface area contributed by atoms with Crippen molar-refractivity contribution in [1.82, 2.24) is 24.6 Å². The van der Waals surface area contributed by atoms with Crippen LogP contribution in [0.25, 0.3) is 0 Å². The summed E-state index contributed by atoms with van der Waals surface area (Å²) in [5.41, 5.74) is 1.93. The second-order valence-electron chi connectivity index (χ2n) is 6.36. The first-order valence-corrected chi connectivity index (χ1v) is 8.00. The van der Waals surface area contributed by atoms with E-state index in [1.807, 2.05) is 41.9 Å². The van der Waals surface area contributed by atoms with Gasteiger partial charge in [-0.15, -0.1) is 0 Å². The lowest BCUT2D eigenvalue weighted by Gasteiger charge is -2.32. The molecule has 6 nitrogen and oxygen atoms in total. The Hall–Kier alpha value is -2.21. The summed E-state index contributed by atoms with van der Waals surface area (Å²) in [5.74, 6) is 0.107. The first kappa shape index (κ1) is 15.7. The number of hydrogen-bond acceptors (Lipinski definition) is 4. The summed E-state index contributed by atoms with van der Waals surface area (Å²) in [6.07, 6.45) is 5.31. The number of benzene rings is 1. The number of rotatable bonds is 4. The molecule has 2 heterocycles. The largest absolute Gasteiger partial charge is 0.337 e. The molecule has 3 rings (SSSR count). The molecule has 0 spiro atoms. The average Bonchev–Trinajstić information content (AvgIpc) is 3.08. The quantitative estimate of drug-likeness (QED) is 0.864. The highest BCUT2D eigenvalue weighted by Crippen LogP contribution is 2.22. The Morgan fingerprint density at radius 3 is 3.00 bits per heavy atom. The predicted molar refractivity (Wildman–Crippen MR) is 88.0 cm³/mol. The molecular weight excluding hydrogens is 290 g/mol. The van der Waals surface area contributed by atoms with Crippen molar-refractivity contribution in [3.63, 3.8) is 0 Å². The van der Waals surface area contributed by atoms with Gasteiger partial charge in [-0.1, -0.05) is 12.1 Å². The Balaban J connectivity index is 1.72. The molecule has 1 fully saturated rings. The number of aromatic nitrogens is 3. The van der Waals surface area contributed by atoms with Crippen molar-refractivity contribution in [1.29, 1.82) is 0 Å². The second-order valence-corrected chi connectivity index (χ2v) is 6.36. The van der Waals surface area contributed by atoms with Gasteiger partial charge in [-0.3, -0.25) is 4.79 Å². The van der Waals surface area contributed by atoms with Gasteiger partial charge in [0.1, 0.15) is 12.7 Å². The van der Waals surface area contributed by atoms with E-state index in [4.69, 9.17) is 0 Å². The van der Waals surface area contributed by atoms with Crippen molar-refractivity contribution >= 4 is 5.91 Å². The first-order valence-electron chi connectivity index (χ1n) is 8.00. The van der Waals surface area contributed by atoms with Gasteiger partial charge >= 0.3 is 0 Å². The summed E-state index contributed by atoms with van der Waals surface area (Å²) in [4.78, 5) is 20.9. The van der Waals surface area contributed by atoms with Crippen molar-refractivity contribution in [2.45, 2.75) is 25.4 Å². The summed E-state index contributed by atoms with van der Waals surface area (Å²) < 4.78 is 1.86. The normalized spacial score (nSPS) is 18.4. The van der Waals surface area contributed by atoms with Crippen molar-refractivity contribution in [3.8, 4) is 0 Å². The molecule has 6 heteroatoms. The number of hydrogen-bond donors (Lipinski definition) is 0. The van der Waals surface area contributed by atoms with E-state index in [1.54, 1.807) is 12.7 Å². The number of piperidine rings is 1. The molecule has 1 atom stereocenters. The summed E-state index contributed by atoms with van der Waals surface area (Å²) in [5, 5.41) is 4.22. The summed E-state index contributed by atoms with van der Waals surface area (Å²) >= 11 is 0. The van der Waals surface area contributed by atoms with Crippen LogP contribution < -0.4 is 0 Å². The molecule has 1 amide bonds. The Kier molecular flexibility index (Phi) is 4.71. The standard InChI is InChI=1S/C17H23N5O/c1-20(2)10-14-5-3-6-15(9-14)17(23)21-8-4-7-16(11-21)22-13-18-12-19-22/h3,5-6,9,12-13,16H,4,7-8,10-11H2,1-2H3/t16-/m0/s1. The highest BCUT2D eigenvalue weighted by Gasteiger charge is 2.26. The molecule has 1 aromatic heterocycles. The topological polar surface area (TPSA) is 54.3 Å². The fourth-order valence-corrected chi connectivity index (χ4v) is 3.11. The van der Waals surface area contributed by atoms with Crippen LogP contribution in [0.5, 0.6) is 0 Å². The number of likely N-dealkylation sites (tertiary alicyclic amines) is 1. The lowest BCUT2D eigenvalue weighted by molar-refractivity contribution is 0.0672. The number of amides is 1. The highest BCUT2D eigenvalue weighted by atomic mass is 16.2. The van der Waals surface area contributed by atoms with Gasteiger partial charge in [0.25, 0.3) is 5.91 Å². The van der Waals surface area contributed by atoms with E-state index >= 15 is 0 Å². The molecule has 0 unspecified atom stereocenters. The second kappa shape index (κ2) is 6.91. The van der Waals surface area contributed by atoms with Crippen LogP contribution in [0.15, 0.2) is 36.9 Å². The van der Waals surface area contributed by atoms with Crippen LogP contribution in [0.3, 0.4) is 0 Å². The zero-order valence-corrected chi connectivity index (χ0v) is 13.7. The SMILES string of the molecule is CN(C)Cc1cccc(C(=O)N2CCC[C@H](n3cncn3)C2)c1. The molecule has 0 bridgehead atoms. The number of nitrogens with zero attached hydrogens (tertiary/aromatic N) is 5. The van der Waals surface area contributed by atoms with E-state index in [0.717, 1.165) is 37.1 Å². The van der Waals surface area contributed by atoms with E-state index in [2.05, 4.69) is 21.0 Å². The molecule has 2 aromatic rings. The predicted octanol–water partition coefficient (Wildman–Crippen LogP) is 1.82. The minimum Gasteiger partial charge on any atom is -0.337 e. The molecule has 1 aliphatic rings. The molecule has 122 valence electrons. The maximum Gasteiger partial charge on any atom is 0.253 e. The van der Waals surface area contributed by atoms with Gasteiger partial charge in [-0.2, -0.15) is 5.10 Å². The summed E-state index contributed by atoms with van der Waals surface area (Å²) in [6.45, 7) is 2.34. The minimum atomic E-state index is 0.107. The Labute approximate surface area is 136 Å². The van der Waals surface area contributed by atoms with E-state index in [-0.39, 0.29) is 11.9 Å². The summed E-state index contributed by atoms with van der Waals surface area (Å²) in [6, 6.07) is 8.15. The average molecular weight is 313 g/mol. The third kappa shape index (κ3) is 3.76. The van der Waals surface area contributed by atoms with Crippen molar-refractivity contribution in [2.75, 3.05) is 27.2 Å². The van der Waals surface area contributed by atoms with Crippen LogP contribution in [0, 0.1) is 0 Å². The van der Waals surface area contributed by atoms with Gasteiger partial charge in [-0.25, -0.2) is 9.67 Å². The van der Waals surface area contributed by atoms with E-state index in [9.17, 15) is 4.79 Å². The molecule has 1 saturated heterocycles. The van der Waals surface area contributed by atoms with Crippen LogP contribution in [-0.4, -0.2) is 57.7 Å². The van der Waals surface area contributed by atoms with Crippen LogP contribution >= 0.6 is 0 Å². The zero-order chi connectivity index (χ0) is 16.2. The van der Waals surface area contributed by atoms with Gasteiger partial charge in [0.15, 0.2) is 0 Å². The number of carbonyl (C=O) groups excluding carboxylic acids is 1. The van der Waals surface area contributed by atoms with Gasteiger partial charge in [0.2, 0.25) is 0 Å². The smallest absolute Gasteiger partial charge is 0.253 e. The zero-order valence-electron chi connectivity index (χ0n) is 13.7. The van der Waals surface area contributed by atoms with Gasteiger partial charge in [-0.05, 0) is 44.6 Å². The Bertz CT molecular complexity index is 653. The van der Waals surface area contributed by atoms with Crippen molar-refractivity contribution in [2.24, 2.45) is 0 Å². The molecule has 1 aliphatic heterocycles. The van der Waals surface area contributed by atoms with E-state index in [1.165, 1.54) is 0 Å². The van der Waals surface area contributed by atoms with Crippen LogP contribution in [0.4, 0.5) is 0 Å². The van der Waals surface area contributed by atoms with E-state index in [0.29, 0.717) is 6.54 Å². The molecular formula is C17H23N5O.